The van der Waals surface area contributed by atoms with E-state index >= 15 is 0 Å². The van der Waals surface area contributed by atoms with Gasteiger partial charge in [0.2, 0.25) is 5.95 Å². The Kier molecular flexibility index (Phi) is 6.56. The first-order valence-corrected chi connectivity index (χ1v) is 11.1. The van der Waals surface area contributed by atoms with Gasteiger partial charge in [0.15, 0.2) is 11.5 Å². The van der Waals surface area contributed by atoms with Crippen LogP contribution in [0.25, 0.3) is 21.3 Å². The number of halogens is 1. The van der Waals surface area contributed by atoms with Gasteiger partial charge < -0.3 is 25.0 Å². The van der Waals surface area contributed by atoms with Crippen LogP contribution in [0, 0.1) is 3.57 Å². The number of hydrogen-bond acceptors (Lipinski definition) is 8. The summed E-state index contributed by atoms with van der Waals surface area (Å²) in [4.78, 5) is 28.7. The minimum Gasteiger partial charge on any atom is -0.493 e. The normalized spacial score (nSPS) is 13.5. The van der Waals surface area contributed by atoms with Crippen LogP contribution in [-0.2, 0) is 0 Å². The Bertz CT molecular complexity index is 1270. The number of piperazine rings is 1. The largest absolute Gasteiger partial charge is 0.493 e. The third-order valence-electron chi connectivity index (χ3n) is 5.42. The van der Waals surface area contributed by atoms with Gasteiger partial charge >= 0.3 is 0 Å². The predicted molar refractivity (Wildman–Crippen MR) is 133 cm³/mol. The van der Waals surface area contributed by atoms with Crippen molar-refractivity contribution in [3.63, 3.8) is 0 Å². The smallest absolute Gasteiger partial charge is 0.254 e. The van der Waals surface area contributed by atoms with Crippen molar-refractivity contribution in [2.24, 2.45) is 5.11 Å². The zero-order valence-electron chi connectivity index (χ0n) is 18.0. The molecule has 1 aromatic heterocycles. The Hall–Kier alpha value is -3.51. The van der Waals surface area contributed by atoms with Gasteiger partial charge in [-0.3, -0.25) is 4.79 Å². The number of rotatable bonds is 5. The number of nitrogen functional groups attached to an aromatic ring is 1. The van der Waals surface area contributed by atoms with E-state index in [4.69, 9.17) is 20.7 Å². The zero-order chi connectivity index (χ0) is 23.5. The van der Waals surface area contributed by atoms with Gasteiger partial charge in [-0.25, -0.2) is 4.98 Å². The fraction of sp³-hybridized carbons (Fsp3) is 0.286. The number of ether oxygens (including phenoxy) is 2. The number of anilines is 2. The van der Waals surface area contributed by atoms with Crippen LogP contribution in [0.4, 0.5) is 17.5 Å². The molecule has 0 saturated carbocycles. The minimum atomic E-state index is -0.0733. The van der Waals surface area contributed by atoms with Crippen molar-refractivity contribution >= 4 is 56.9 Å². The van der Waals surface area contributed by atoms with Crippen molar-refractivity contribution in [3.05, 3.63) is 49.9 Å². The van der Waals surface area contributed by atoms with E-state index in [0.29, 0.717) is 71.6 Å². The van der Waals surface area contributed by atoms with E-state index in [1.807, 2.05) is 4.90 Å². The molecule has 2 N–H and O–H groups in total. The number of nitrogens with two attached hydrogens (primary N) is 1. The molecule has 1 fully saturated rings. The maximum absolute atomic E-state index is 12.9. The van der Waals surface area contributed by atoms with Crippen molar-refractivity contribution in [3.8, 4) is 11.5 Å². The maximum atomic E-state index is 12.9. The molecule has 0 atom stereocenters. The van der Waals surface area contributed by atoms with Crippen molar-refractivity contribution in [1.29, 1.82) is 0 Å². The lowest BCUT2D eigenvalue weighted by atomic mass is 10.1. The van der Waals surface area contributed by atoms with E-state index in [9.17, 15) is 4.79 Å². The van der Waals surface area contributed by atoms with E-state index in [-0.39, 0.29) is 5.91 Å². The molecular weight excluding hydrogens is 539 g/mol. The fourth-order valence-corrected chi connectivity index (χ4v) is 4.29. The summed E-state index contributed by atoms with van der Waals surface area (Å²) >= 11 is 2.05. The van der Waals surface area contributed by atoms with E-state index < -0.39 is 0 Å². The minimum absolute atomic E-state index is 0.0733. The molecule has 3 aromatic rings. The number of benzene rings is 2. The van der Waals surface area contributed by atoms with Gasteiger partial charge in [-0.1, -0.05) is 11.2 Å². The maximum Gasteiger partial charge on any atom is 0.254 e. The van der Waals surface area contributed by atoms with Gasteiger partial charge in [-0.05, 0) is 46.3 Å². The molecule has 0 radical (unpaired) electrons. The molecule has 0 bridgehead atoms. The molecule has 12 heteroatoms. The van der Waals surface area contributed by atoms with Crippen LogP contribution in [0.3, 0.4) is 0 Å². The summed E-state index contributed by atoms with van der Waals surface area (Å²) in [6.07, 6.45) is 0. The molecule has 2 heterocycles. The highest BCUT2D eigenvalue weighted by molar-refractivity contribution is 14.1. The summed E-state index contributed by atoms with van der Waals surface area (Å²) in [5.41, 5.74) is 16.5. The Morgan fingerprint density at radius 2 is 1.82 bits per heavy atom. The topological polar surface area (TPSA) is 143 Å². The molecule has 0 spiro atoms. The van der Waals surface area contributed by atoms with Gasteiger partial charge in [-0.15, -0.1) is 0 Å². The van der Waals surface area contributed by atoms with Crippen molar-refractivity contribution in [2.75, 3.05) is 51.0 Å². The molecule has 170 valence electrons. The average molecular weight is 560 g/mol. The van der Waals surface area contributed by atoms with Gasteiger partial charge in [-0.2, -0.15) is 4.98 Å². The number of nitrogens with zero attached hydrogens (tertiary/aromatic N) is 7. The standard InChI is InChI=1S/C21H21IN8O3/c1-32-17-10-13-16(11-18(17)33-2)25-21(26-19(13)23)30-7-5-29(6-8-30)20(31)12-3-4-15(27-28-24)14(22)9-12/h3-4,9-11H,5-8H2,1-2H3,(H2,23,25,26). The Balaban J connectivity index is 1.51. The first-order chi connectivity index (χ1) is 15.9. The third-order valence-corrected chi connectivity index (χ3v) is 6.28. The second kappa shape index (κ2) is 9.55. The lowest BCUT2D eigenvalue weighted by Crippen LogP contribution is -2.49. The number of fused-ring (bicyclic) bond motifs is 1. The quantitative estimate of drug-likeness (QED) is 0.217. The molecule has 0 aliphatic carbocycles. The number of carbonyl (C=O) groups excluding carboxylic acids is 1. The van der Waals surface area contributed by atoms with Crippen LogP contribution in [-0.4, -0.2) is 61.2 Å². The average Bonchev–Trinajstić information content (AvgIpc) is 2.84. The van der Waals surface area contributed by atoms with Gasteiger partial charge in [0.25, 0.3) is 5.91 Å². The molecule has 1 aliphatic rings. The van der Waals surface area contributed by atoms with Gasteiger partial charge in [0, 0.05) is 51.7 Å². The number of amides is 1. The third kappa shape index (κ3) is 4.52. The van der Waals surface area contributed by atoms with Crippen LogP contribution in [0.2, 0.25) is 0 Å². The van der Waals surface area contributed by atoms with E-state index in [2.05, 4.69) is 42.6 Å². The van der Waals surface area contributed by atoms with Crippen LogP contribution in [0.15, 0.2) is 35.4 Å². The SMILES string of the molecule is COc1cc2nc(N3CCN(C(=O)c4ccc(N=[N+]=[N-])c(I)c4)CC3)nc(N)c2cc1OC. The number of carbonyl (C=O) groups is 1. The summed E-state index contributed by atoms with van der Waals surface area (Å²) in [6, 6.07) is 8.60. The Labute approximate surface area is 203 Å². The molecule has 0 unspecified atom stereocenters. The monoisotopic (exact) mass is 560 g/mol. The zero-order valence-corrected chi connectivity index (χ0v) is 20.2. The van der Waals surface area contributed by atoms with Gasteiger partial charge in [0.05, 0.1) is 25.4 Å². The molecule has 1 saturated heterocycles. The molecular formula is C21H21IN8O3. The summed E-state index contributed by atoms with van der Waals surface area (Å²) in [6.45, 7) is 2.16. The summed E-state index contributed by atoms with van der Waals surface area (Å²) in [5, 5.41) is 4.30. The number of azide groups is 1. The predicted octanol–water partition coefficient (Wildman–Crippen LogP) is 3.74. The van der Waals surface area contributed by atoms with E-state index in [1.54, 1.807) is 49.5 Å². The van der Waals surface area contributed by atoms with Crippen LogP contribution in [0.5, 0.6) is 11.5 Å². The second-order valence-corrected chi connectivity index (χ2v) is 8.43. The highest BCUT2D eigenvalue weighted by Crippen LogP contribution is 2.34. The molecule has 1 aliphatic heterocycles. The van der Waals surface area contributed by atoms with E-state index in [1.165, 1.54) is 0 Å². The molecule has 11 nitrogen and oxygen atoms in total. The second-order valence-electron chi connectivity index (χ2n) is 7.27. The Morgan fingerprint density at radius 1 is 1.12 bits per heavy atom. The summed E-state index contributed by atoms with van der Waals surface area (Å²) < 4.78 is 11.4. The first-order valence-electron chi connectivity index (χ1n) is 10.0. The molecule has 2 aromatic carbocycles. The highest BCUT2D eigenvalue weighted by Gasteiger charge is 2.25. The summed E-state index contributed by atoms with van der Waals surface area (Å²) in [7, 11) is 3.13. The number of hydrogen-bond donors (Lipinski definition) is 1. The lowest BCUT2D eigenvalue weighted by Gasteiger charge is -2.35. The molecule has 4 rings (SSSR count). The molecule has 1 amide bonds. The number of aromatic nitrogens is 2. The van der Waals surface area contributed by atoms with Crippen LogP contribution < -0.4 is 20.1 Å². The van der Waals surface area contributed by atoms with E-state index in [0.717, 1.165) is 3.57 Å². The highest BCUT2D eigenvalue weighted by atomic mass is 127. The van der Waals surface area contributed by atoms with Crippen molar-refractivity contribution < 1.29 is 14.3 Å². The van der Waals surface area contributed by atoms with Crippen molar-refractivity contribution in [1.82, 2.24) is 14.9 Å². The fourth-order valence-electron chi connectivity index (χ4n) is 3.67. The molecule has 33 heavy (non-hydrogen) atoms. The first kappa shape index (κ1) is 22.7. The number of methoxy groups -OCH3 is 2. The van der Waals surface area contributed by atoms with Crippen molar-refractivity contribution in [2.45, 2.75) is 0 Å². The van der Waals surface area contributed by atoms with Crippen LogP contribution in [0.1, 0.15) is 10.4 Å². The lowest BCUT2D eigenvalue weighted by molar-refractivity contribution is 0.0746. The van der Waals surface area contributed by atoms with Crippen LogP contribution >= 0.6 is 22.6 Å². The van der Waals surface area contributed by atoms with Gasteiger partial charge in [0.1, 0.15) is 5.82 Å². The summed E-state index contributed by atoms with van der Waals surface area (Å²) in [5.74, 6) is 1.90. The Morgan fingerprint density at radius 3 is 2.45 bits per heavy atom.